The Hall–Kier alpha value is -0.460. The first kappa shape index (κ1) is 11.6. The van der Waals surface area contributed by atoms with Gasteiger partial charge < -0.3 is 5.73 Å². The van der Waals surface area contributed by atoms with Crippen molar-refractivity contribution in [3.8, 4) is 0 Å². The van der Waals surface area contributed by atoms with E-state index in [0.29, 0.717) is 5.01 Å². The van der Waals surface area contributed by atoms with Crippen molar-refractivity contribution < 1.29 is 8.42 Å². The third-order valence-corrected chi connectivity index (χ3v) is 4.01. The number of sulfone groups is 1. The van der Waals surface area contributed by atoms with Gasteiger partial charge in [0.05, 0.1) is 5.69 Å². The van der Waals surface area contributed by atoms with E-state index in [2.05, 4.69) is 4.98 Å². The third-order valence-electron chi connectivity index (χ3n) is 1.68. The van der Waals surface area contributed by atoms with E-state index < -0.39 is 9.84 Å². The molecular weight excluding hydrogens is 220 g/mol. The lowest BCUT2D eigenvalue weighted by molar-refractivity contribution is 0.601. The van der Waals surface area contributed by atoms with Crippen LogP contribution in [0.3, 0.4) is 0 Å². The van der Waals surface area contributed by atoms with Crippen molar-refractivity contribution >= 4 is 21.2 Å². The molecule has 1 aromatic heterocycles. The molecule has 1 rings (SSSR count). The molecule has 0 aliphatic carbocycles. The van der Waals surface area contributed by atoms with Crippen molar-refractivity contribution in [2.75, 3.05) is 6.26 Å². The van der Waals surface area contributed by atoms with Crippen LogP contribution in [0.15, 0.2) is 0 Å². The van der Waals surface area contributed by atoms with Crippen LogP contribution >= 0.6 is 11.3 Å². The van der Waals surface area contributed by atoms with Crippen LogP contribution in [-0.4, -0.2) is 19.7 Å². The van der Waals surface area contributed by atoms with Gasteiger partial charge in [0, 0.05) is 17.2 Å². The van der Waals surface area contributed by atoms with E-state index in [9.17, 15) is 8.42 Å². The zero-order valence-electron chi connectivity index (χ0n) is 8.44. The Morgan fingerprint density at radius 3 is 2.50 bits per heavy atom. The maximum absolute atomic E-state index is 11.0. The van der Waals surface area contributed by atoms with Crippen LogP contribution in [-0.2, 0) is 15.6 Å². The minimum absolute atomic E-state index is 0.00519. The molecule has 1 aromatic rings. The van der Waals surface area contributed by atoms with Gasteiger partial charge in [-0.05, 0) is 13.8 Å². The Labute approximate surface area is 88.1 Å². The molecule has 4 nitrogen and oxygen atoms in total. The highest BCUT2D eigenvalue weighted by Crippen LogP contribution is 2.24. The molecule has 1 heterocycles. The van der Waals surface area contributed by atoms with Gasteiger partial charge in [-0.25, -0.2) is 13.4 Å². The van der Waals surface area contributed by atoms with E-state index in [4.69, 9.17) is 5.73 Å². The summed E-state index contributed by atoms with van der Waals surface area (Å²) in [7, 11) is -3.00. The molecule has 0 amide bonds. The zero-order chi connectivity index (χ0) is 10.9. The Morgan fingerprint density at radius 2 is 2.14 bits per heavy atom. The summed E-state index contributed by atoms with van der Waals surface area (Å²) in [4.78, 5) is 5.14. The minimum Gasteiger partial charge on any atom is -0.323 e. The molecule has 0 bridgehead atoms. The first-order valence-electron chi connectivity index (χ1n) is 4.19. The van der Waals surface area contributed by atoms with Crippen LogP contribution < -0.4 is 5.73 Å². The van der Waals surface area contributed by atoms with Crippen molar-refractivity contribution in [1.29, 1.82) is 0 Å². The van der Waals surface area contributed by atoms with Gasteiger partial charge in [0.1, 0.15) is 10.8 Å². The van der Waals surface area contributed by atoms with Crippen LogP contribution in [0.4, 0.5) is 0 Å². The zero-order valence-corrected chi connectivity index (χ0v) is 10.1. The molecule has 14 heavy (non-hydrogen) atoms. The van der Waals surface area contributed by atoms with E-state index in [1.54, 1.807) is 0 Å². The molecule has 0 radical (unpaired) electrons. The van der Waals surface area contributed by atoms with Gasteiger partial charge in [0.25, 0.3) is 0 Å². The standard InChI is InChI=1S/C8H14N2O2S2/c1-5(9)8-6(2)10-7(13-8)4-14(3,11)12/h5H,4,9H2,1-3H3. The van der Waals surface area contributed by atoms with Gasteiger partial charge in [0.2, 0.25) is 0 Å². The molecule has 0 saturated heterocycles. The predicted octanol–water partition coefficient (Wildman–Crippen LogP) is 1.02. The molecule has 80 valence electrons. The second kappa shape index (κ2) is 3.96. The van der Waals surface area contributed by atoms with Crippen LogP contribution in [0.1, 0.15) is 28.5 Å². The fraction of sp³-hybridized carbons (Fsp3) is 0.625. The summed E-state index contributed by atoms with van der Waals surface area (Å²) in [6.45, 7) is 3.71. The summed E-state index contributed by atoms with van der Waals surface area (Å²) in [6, 6.07) is -0.0826. The molecular formula is C8H14N2O2S2. The van der Waals surface area contributed by atoms with Gasteiger partial charge in [-0.1, -0.05) is 0 Å². The molecule has 0 saturated carbocycles. The Balaban J connectivity index is 2.98. The van der Waals surface area contributed by atoms with Gasteiger partial charge in [-0.15, -0.1) is 11.3 Å². The molecule has 0 aliphatic heterocycles. The summed E-state index contributed by atoms with van der Waals surface area (Å²) in [6.07, 6.45) is 1.20. The van der Waals surface area contributed by atoms with Crippen LogP contribution in [0.25, 0.3) is 0 Å². The Kier molecular flexibility index (Phi) is 3.28. The summed E-state index contributed by atoms with van der Waals surface area (Å²) >= 11 is 1.38. The average Bonchev–Trinajstić information content (AvgIpc) is 2.26. The van der Waals surface area contributed by atoms with E-state index in [0.717, 1.165) is 10.6 Å². The summed E-state index contributed by atoms with van der Waals surface area (Å²) in [5.41, 5.74) is 6.55. The lowest BCUT2D eigenvalue weighted by Crippen LogP contribution is -2.03. The first-order valence-corrected chi connectivity index (χ1v) is 7.07. The van der Waals surface area contributed by atoms with E-state index in [1.807, 2.05) is 13.8 Å². The van der Waals surface area contributed by atoms with Crippen LogP contribution in [0.2, 0.25) is 0 Å². The predicted molar refractivity (Wildman–Crippen MR) is 58.0 cm³/mol. The van der Waals surface area contributed by atoms with Crippen molar-refractivity contribution in [3.63, 3.8) is 0 Å². The smallest absolute Gasteiger partial charge is 0.153 e. The quantitative estimate of drug-likeness (QED) is 0.847. The number of nitrogens with zero attached hydrogens (tertiary/aromatic N) is 1. The monoisotopic (exact) mass is 234 g/mol. The number of hydrogen-bond donors (Lipinski definition) is 1. The fourth-order valence-electron chi connectivity index (χ4n) is 1.17. The minimum atomic E-state index is -3.00. The van der Waals surface area contributed by atoms with Crippen molar-refractivity contribution in [2.24, 2.45) is 5.73 Å². The van der Waals surface area contributed by atoms with Crippen molar-refractivity contribution in [1.82, 2.24) is 4.98 Å². The number of rotatable bonds is 3. The highest BCUT2D eigenvalue weighted by molar-refractivity contribution is 7.90. The fourth-order valence-corrected chi connectivity index (χ4v) is 3.38. The Morgan fingerprint density at radius 1 is 1.57 bits per heavy atom. The summed E-state index contributed by atoms with van der Waals surface area (Å²) in [5.74, 6) is 0.00519. The number of aromatic nitrogens is 1. The molecule has 1 unspecified atom stereocenters. The lowest BCUT2D eigenvalue weighted by Gasteiger charge is -1.99. The summed E-state index contributed by atoms with van der Waals surface area (Å²) in [5, 5.41) is 0.623. The average molecular weight is 234 g/mol. The first-order chi connectivity index (χ1) is 6.29. The molecule has 0 aromatic carbocycles. The van der Waals surface area contributed by atoms with E-state index in [-0.39, 0.29) is 11.8 Å². The van der Waals surface area contributed by atoms with Gasteiger partial charge >= 0.3 is 0 Å². The van der Waals surface area contributed by atoms with Gasteiger partial charge in [-0.2, -0.15) is 0 Å². The largest absolute Gasteiger partial charge is 0.323 e. The van der Waals surface area contributed by atoms with Crippen molar-refractivity contribution in [2.45, 2.75) is 25.6 Å². The van der Waals surface area contributed by atoms with E-state index in [1.165, 1.54) is 17.6 Å². The second-order valence-corrected chi connectivity index (χ2v) is 6.67. The molecule has 0 fully saturated rings. The number of thiazole rings is 1. The van der Waals surface area contributed by atoms with E-state index >= 15 is 0 Å². The van der Waals surface area contributed by atoms with Gasteiger partial charge in [0.15, 0.2) is 9.84 Å². The molecule has 0 spiro atoms. The lowest BCUT2D eigenvalue weighted by atomic mass is 10.2. The molecule has 1 atom stereocenters. The normalized spacial score (nSPS) is 14.3. The number of aryl methyl sites for hydroxylation is 1. The number of hydrogen-bond acceptors (Lipinski definition) is 5. The van der Waals surface area contributed by atoms with Crippen LogP contribution in [0.5, 0.6) is 0 Å². The van der Waals surface area contributed by atoms with Gasteiger partial charge in [-0.3, -0.25) is 0 Å². The van der Waals surface area contributed by atoms with Crippen molar-refractivity contribution in [3.05, 3.63) is 15.6 Å². The highest BCUT2D eigenvalue weighted by Gasteiger charge is 2.14. The SMILES string of the molecule is Cc1nc(CS(C)(=O)=O)sc1C(C)N. The molecule has 2 N–H and O–H groups in total. The maximum atomic E-state index is 11.0. The Bertz CT molecular complexity index is 421. The highest BCUT2D eigenvalue weighted by atomic mass is 32.2. The topological polar surface area (TPSA) is 73.0 Å². The number of nitrogens with two attached hydrogens (primary N) is 1. The molecule has 0 aliphatic rings. The molecule has 6 heteroatoms. The second-order valence-electron chi connectivity index (χ2n) is 3.42. The van der Waals surface area contributed by atoms with Crippen LogP contribution in [0, 0.1) is 6.92 Å². The maximum Gasteiger partial charge on any atom is 0.153 e. The summed E-state index contributed by atoms with van der Waals surface area (Å²) < 4.78 is 22.1. The third kappa shape index (κ3) is 3.04.